The van der Waals surface area contributed by atoms with Crippen LogP contribution in [0.3, 0.4) is 0 Å². The van der Waals surface area contributed by atoms with E-state index in [0.29, 0.717) is 47.8 Å². The quantitative estimate of drug-likeness (QED) is 0.444. The molecule has 31 heavy (non-hydrogen) atoms. The van der Waals surface area contributed by atoms with Crippen molar-refractivity contribution in [1.29, 1.82) is 0 Å². The van der Waals surface area contributed by atoms with Crippen LogP contribution in [0.4, 0.5) is 0 Å². The normalized spacial score (nSPS) is 13.2. The number of rotatable bonds is 3. The first-order chi connectivity index (χ1) is 15.1. The second-order valence-corrected chi connectivity index (χ2v) is 8.25. The summed E-state index contributed by atoms with van der Waals surface area (Å²) in [5, 5.41) is 0.465. The molecule has 1 aliphatic heterocycles. The van der Waals surface area contributed by atoms with E-state index in [1.165, 1.54) is 4.57 Å². The lowest BCUT2D eigenvalue weighted by molar-refractivity contribution is 0.297. The van der Waals surface area contributed by atoms with Crippen LogP contribution in [0.15, 0.2) is 80.8 Å². The Balaban J connectivity index is 1.71. The topological polar surface area (TPSA) is 62.5 Å². The smallest absolute Gasteiger partial charge is 0.336 e. The highest BCUT2D eigenvalue weighted by Crippen LogP contribution is 2.31. The highest BCUT2D eigenvalue weighted by molar-refractivity contribution is 9.10. The Kier molecular flexibility index (Phi) is 5.11. The van der Waals surface area contributed by atoms with Gasteiger partial charge in [-0.3, -0.25) is 9.36 Å². The number of hydrogen-bond acceptors (Lipinski definition) is 4. The second-order valence-electron chi connectivity index (χ2n) is 7.34. The van der Waals surface area contributed by atoms with Gasteiger partial charge >= 0.3 is 5.69 Å². The lowest BCUT2D eigenvalue weighted by Gasteiger charge is -2.15. The van der Waals surface area contributed by atoms with E-state index in [4.69, 9.17) is 9.47 Å². The number of ether oxygens (including phenoxy) is 2. The van der Waals surface area contributed by atoms with Crippen molar-refractivity contribution >= 4 is 26.8 Å². The van der Waals surface area contributed by atoms with Crippen molar-refractivity contribution in [2.75, 3.05) is 13.2 Å². The Labute approximate surface area is 186 Å². The molecule has 0 aliphatic carbocycles. The molecule has 0 fully saturated rings. The minimum atomic E-state index is -0.391. The molecule has 7 heteroatoms. The van der Waals surface area contributed by atoms with Gasteiger partial charge in [0.05, 0.1) is 36.3 Å². The summed E-state index contributed by atoms with van der Waals surface area (Å²) in [5.41, 5.74) is 1.26. The molecule has 0 atom stereocenters. The molecule has 0 radical (unpaired) electrons. The van der Waals surface area contributed by atoms with E-state index in [9.17, 15) is 9.59 Å². The molecule has 3 aromatic carbocycles. The molecule has 0 bridgehead atoms. The third-order valence-electron chi connectivity index (χ3n) is 5.27. The van der Waals surface area contributed by atoms with Crippen molar-refractivity contribution in [3.63, 3.8) is 0 Å². The van der Waals surface area contributed by atoms with E-state index < -0.39 is 5.69 Å². The Morgan fingerprint density at radius 1 is 0.871 bits per heavy atom. The number of aromatic nitrogens is 2. The molecule has 0 saturated heterocycles. The van der Waals surface area contributed by atoms with E-state index >= 15 is 0 Å². The first kappa shape index (κ1) is 19.6. The highest BCUT2D eigenvalue weighted by atomic mass is 79.9. The average Bonchev–Trinajstić information content (AvgIpc) is 3.03. The van der Waals surface area contributed by atoms with Gasteiger partial charge < -0.3 is 9.47 Å². The summed E-state index contributed by atoms with van der Waals surface area (Å²) >= 11 is 3.44. The summed E-state index contributed by atoms with van der Waals surface area (Å²) in [6.07, 6.45) is 0.824. The van der Waals surface area contributed by atoms with Crippen LogP contribution in [0.25, 0.3) is 16.6 Å². The van der Waals surface area contributed by atoms with E-state index in [0.717, 1.165) is 16.5 Å². The molecule has 0 N–H and O–H groups in total. The van der Waals surface area contributed by atoms with Gasteiger partial charge in [-0.25, -0.2) is 9.36 Å². The standard InChI is InChI=1S/C24H19BrN2O4/c25-17-8-9-20-19(14-17)23(28)27(18-5-2-1-3-6-18)24(29)26(20)15-16-7-10-21-22(13-16)31-12-4-11-30-21/h1-3,5-10,13-14H,4,11-12,15H2. The zero-order valence-corrected chi connectivity index (χ0v) is 18.2. The molecule has 0 spiro atoms. The van der Waals surface area contributed by atoms with Gasteiger partial charge in [-0.1, -0.05) is 40.2 Å². The first-order valence-corrected chi connectivity index (χ1v) is 10.8. The highest BCUT2D eigenvalue weighted by Gasteiger charge is 2.17. The Morgan fingerprint density at radius 2 is 1.65 bits per heavy atom. The van der Waals surface area contributed by atoms with Crippen LogP contribution < -0.4 is 20.7 Å². The third kappa shape index (κ3) is 3.65. The van der Waals surface area contributed by atoms with Gasteiger partial charge in [-0.05, 0) is 48.0 Å². The van der Waals surface area contributed by atoms with Crippen molar-refractivity contribution in [1.82, 2.24) is 9.13 Å². The van der Waals surface area contributed by atoms with Gasteiger partial charge in [0.2, 0.25) is 0 Å². The summed E-state index contributed by atoms with van der Waals surface area (Å²) in [7, 11) is 0. The van der Waals surface area contributed by atoms with Crippen LogP contribution in [-0.4, -0.2) is 22.3 Å². The van der Waals surface area contributed by atoms with Crippen molar-refractivity contribution in [2.45, 2.75) is 13.0 Å². The number of benzene rings is 3. The maximum absolute atomic E-state index is 13.5. The van der Waals surface area contributed by atoms with Crippen molar-refractivity contribution in [3.8, 4) is 17.2 Å². The summed E-state index contributed by atoms with van der Waals surface area (Å²) in [6.45, 7) is 1.50. The molecule has 1 aromatic heterocycles. The average molecular weight is 479 g/mol. The lowest BCUT2D eigenvalue weighted by Crippen LogP contribution is -2.39. The van der Waals surface area contributed by atoms with Gasteiger partial charge in [0.25, 0.3) is 5.56 Å². The Hall–Kier alpha value is -3.32. The fourth-order valence-corrected chi connectivity index (χ4v) is 4.15. The van der Waals surface area contributed by atoms with Crippen molar-refractivity contribution < 1.29 is 9.47 Å². The monoisotopic (exact) mass is 478 g/mol. The third-order valence-corrected chi connectivity index (χ3v) is 5.77. The Bertz CT molecular complexity index is 1390. The van der Waals surface area contributed by atoms with Gasteiger partial charge in [-0.2, -0.15) is 0 Å². The van der Waals surface area contributed by atoms with E-state index in [1.807, 2.05) is 30.3 Å². The maximum Gasteiger partial charge on any atom is 0.336 e. The summed E-state index contributed by atoms with van der Waals surface area (Å²) in [5.74, 6) is 1.38. The largest absolute Gasteiger partial charge is 0.490 e. The van der Waals surface area contributed by atoms with E-state index in [2.05, 4.69) is 15.9 Å². The SMILES string of the molecule is O=c1c2cc(Br)ccc2n(Cc2ccc3c(c2)OCCCO3)c(=O)n1-c1ccccc1. The molecule has 2 heterocycles. The van der Waals surface area contributed by atoms with Crippen molar-refractivity contribution in [2.24, 2.45) is 0 Å². The van der Waals surface area contributed by atoms with Crippen LogP contribution >= 0.6 is 15.9 Å². The number of hydrogen-bond donors (Lipinski definition) is 0. The fourth-order valence-electron chi connectivity index (χ4n) is 3.79. The number of nitrogens with zero attached hydrogens (tertiary/aromatic N) is 2. The van der Waals surface area contributed by atoms with Crippen LogP contribution in [0, 0.1) is 0 Å². The molecule has 4 aromatic rings. The van der Waals surface area contributed by atoms with Crippen molar-refractivity contribution in [3.05, 3.63) is 97.6 Å². The van der Waals surface area contributed by atoms with Crippen LogP contribution in [0.5, 0.6) is 11.5 Å². The molecule has 0 saturated carbocycles. The first-order valence-electron chi connectivity index (χ1n) is 10.0. The molecule has 5 rings (SSSR count). The maximum atomic E-state index is 13.5. The molecule has 0 amide bonds. The summed E-state index contributed by atoms with van der Waals surface area (Å²) in [6, 6.07) is 20.0. The van der Waals surface area contributed by atoms with Gasteiger partial charge in [0, 0.05) is 10.9 Å². The molecule has 0 unspecified atom stereocenters. The summed E-state index contributed by atoms with van der Waals surface area (Å²) < 4.78 is 15.1. The molecular formula is C24H19BrN2O4. The fraction of sp³-hybridized carbons (Fsp3) is 0.167. The number of para-hydroxylation sites is 1. The Morgan fingerprint density at radius 3 is 2.45 bits per heavy atom. The summed E-state index contributed by atoms with van der Waals surface area (Å²) in [4.78, 5) is 26.7. The lowest BCUT2D eigenvalue weighted by atomic mass is 10.1. The number of halogens is 1. The molecular weight excluding hydrogens is 460 g/mol. The molecule has 1 aliphatic rings. The predicted octanol–water partition coefficient (Wildman–Crippen LogP) is 4.12. The van der Waals surface area contributed by atoms with Crippen LogP contribution in [0.2, 0.25) is 0 Å². The minimum absolute atomic E-state index is 0.292. The second kappa shape index (κ2) is 8.07. The van der Waals surface area contributed by atoms with Gasteiger partial charge in [0.15, 0.2) is 11.5 Å². The van der Waals surface area contributed by atoms with E-state index in [-0.39, 0.29) is 5.56 Å². The zero-order valence-electron chi connectivity index (χ0n) is 16.6. The molecule has 156 valence electrons. The minimum Gasteiger partial charge on any atom is -0.490 e. The molecule has 6 nitrogen and oxygen atoms in total. The van der Waals surface area contributed by atoms with Crippen LogP contribution in [0.1, 0.15) is 12.0 Å². The zero-order chi connectivity index (χ0) is 21.4. The van der Waals surface area contributed by atoms with Gasteiger partial charge in [-0.15, -0.1) is 0 Å². The van der Waals surface area contributed by atoms with Crippen LogP contribution in [-0.2, 0) is 6.54 Å². The van der Waals surface area contributed by atoms with E-state index in [1.54, 1.807) is 41.0 Å². The number of fused-ring (bicyclic) bond motifs is 2. The van der Waals surface area contributed by atoms with Gasteiger partial charge in [0.1, 0.15) is 0 Å². The predicted molar refractivity (Wildman–Crippen MR) is 123 cm³/mol.